The molecule has 0 aliphatic carbocycles. The van der Waals surface area contributed by atoms with Gasteiger partial charge in [-0.15, -0.1) is 0 Å². The first-order valence-electron chi connectivity index (χ1n) is 4.49. The molecule has 0 saturated heterocycles. The molecule has 3 nitrogen and oxygen atoms in total. The predicted molar refractivity (Wildman–Crippen MR) is 67.7 cm³/mol. The maximum Gasteiger partial charge on any atom is 0.252 e. The van der Waals surface area contributed by atoms with Crippen LogP contribution in [0.4, 0.5) is 0 Å². The Hall–Kier alpha value is -0.710. The molecule has 86 valence electrons. The summed E-state index contributed by atoms with van der Waals surface area (Å²) in [5, 5.41) is 13.1. The van der Waals surface area contributed by atoms with Gasteiger partial charge in [0.2, 0.25) is 0 Å². The maximum atomic E-state index is 10.6. The van der Waals surface area contributed by atoms with Crippen LogP contribution in [0.3, 0.4) is 0 Å². The van der Waals surface area contributed by atoms with E-state index >= 15 is 0 Å². The summed E-state index contributed by atoms with van der Waals surface area (Å²) in [5.41, 5.74) is 0.163. The van der Waals surface area contributed by atoms with Gasteiger partial charge in [-0.2, -0.15) is 0 Å². The highest BCUT2D eigenvalue weighted by Crippen LogP contribution is 2.31. The van der Waals surface area contributed by atoms with Crippen LogP contribution in [0.15, 0.2) is 34.2 Å². The molecule has 0 aliphatic heterocycles. The van der Waals surface area contributed by atoms with Gasteiger partial charge in [-0.3, -0.25) is 10.1 Å². The molecule has 6 heteroatoms. The normalized spacial score (nSPS) is 11.6. The van der Waals surface area contributed by atoms with Crippen molar-refractivity contribution >= 4 is 35.0 Å². The molecule has 0 aromatic heterocycles. The number of halogens is 2. The van der Waals surface area contributed by atoms with Gasteiger partial charge >= 0.3 is 0 Å². The molecule has 0 N–H and O–H groups in total. The van der Waals surface area contributed by atoms with Gasteiger partial charge < -0.3 is 0 Å². The van der Waals surface area contributed by atoms with Crippen LogP contribution in [0.25, 0.3) is 0 Å². The van der Waals surface area contributed by atoms with Gasteiger partial charge in [0, 0.05) is 21.7 Å². The van der Waals surface area contributed by atoms with Crippen molar-refractivity contribution in [2.24, 2.45) is 0 Å². The second-order valence-electron chi connectivity index (χ2n) is 2.91. The van der Waals surface area contributed by atoms with Crippen molar-refractivity contribution in [3.63, 3.8) is 0 Å². The first-order chi connectivity index (χ1) is 7.54. The average molecular weight is 278 g/mol. The Morgan fingerprint density at radius 1 is 1.56 bits per heavy atom. The van der Waals surface area contributed by atoms with E-state index < -0.39 is 4.92 Å². The van der Waals surface area contributed by atoms with Crippen molar-refractivity contribution in [2.75, 3.05) is 0 Å². The Kier molecular flexibility index (Phi) is 5.12. The van der Waals surface area contributed by atoms with Crippen molar-refractivity contribution in [3.05, 3.63) is 49.5 Å². The lowest BCUT2D eigenvalue weighted by atomic mass is 10.4. The Bertz CT molecular complexity index is 435. The minimum absolute atomic E-state index is 0.163. The summed E-state index contributed by atoms with van der Waals surface area (Å²) in [7, 11) is 0. The highest BCUT2D eigenvalue weighted by atomic mass is 35.5. The standard InChI is InChI=1S/C10H9Cl2NO2S/c1-2-8(13(14)15)6-16-10-4-3-7(11)5-9(10)12/h3-6H,2H2,1H3. The maximum absolute atomic E-state index is 10.6. The third-order valence-electron chi connectivity index (χ3n) is 1.81. The fourth-order valence-electron chi connectivity index (χ4n) is 0.958. The summed E-state index contributed by atoms with van der Waals surface area (Å²) < 4.78 is 0. The van der Waals surface area contributed by atoms with Crippen molar-refractivity contribution in [1.29, 1.82) is 0 Å². The zero-order valence-corrected chi connectivity index (χ0v) is 10.8. The fourth-order valence-corrected chi connectivity index (χ4v) is 2.33. The first-order valence-corrected chi connectivity index (χ1v) is 6.13. The Morgan fingerprint density at radius 3 is 2.75 bits per heavy atom. The van der Waals surface area contributed by atoms with E-state index in [9.17, 15) is 10.1 Å². The molecular weight excluding hydrogens is 269 g/mol. The molecule has 0 heterocycles. The topological polar surface area (TPSA) is 43.1 Å². The first kappa shape index (κ1) is 13.4. The van der Waals surface area contributed by atoms with Crippen molar-refractivity contribution < 1.29 is 4.92 Å². The summed E-state index contributed by atoms with van der Waals surface area (Å²) in [6.45, 7) is 1.73. The number of allylic oxidation sites excluding steroid dienone is 1. The van der Waals surface area contributed by atoms with E-state index in [1.807, 2.05) is 0 Å². The van der Waals surface area contributed by atoms with Crippen molar-refractivity contribution in [1.82, 2.24) is 0 Å². The van der Waals surface area contributed by atoms with Crippen LogP contribution >= 0.6 is 35.0 Å². The van der Waals surface area contributed by atoms with Crippen LogP contribution in [0.2, 0.25) is 10.0 Å². The lowest BCUT2D eigenvalue weighted by Crippen LogP contribution is -1.95. The number of hydrogen-bond acceptors (Lipinski definition) is 3. The van der Waals surface area contributed by atoms with E-state index in [1.165, 1.54) is 17.2 Å². The molecule has 0 bridgehead atoms. The summed E-state index contributed by atoms with van der Waals surface area (Å²) in [5.74, 6) is 0. The van der Waals surface area contributed by atoms with Crippen LogP contribution in [0.1, 0.15) is 13.3 Å². The largest absolute Gasteiger partial charge is 0.259 e. The molecule has 16 heavy (non-hydrogen) atoms. The van der Waals surface area contributed by atoms with E-state index in [0.717, 1.165) is 4.90 Å². The van der Waals surface area contributed by atoms with Gasteiger partial charge in [0.15, 0.2) is 0 Å². The number of nitro groups is 1. The molecule has 0 unspecified atom stereocenters. The third-order valence-corrected chi connectivity index (χ3v) is 3.47. The lowest BCUT2D eigenvalue weighted by Gasteiger charge is -2.00. The third kappa shape index (κ3) is 3.70. The smallest absolute Gasteiger partial charge is 0.252 e. The number of hydrogen-bond donors (Lipinski definition) is 0. The van der Waals surface area contributed by atoms with Gasteiger partial charge in [-0.25, -0.2) is 0 Å². The van der Waals surface area contributed by atoms with Gasteiger partial charge in [-0.1, -0.05) is 41.9 Å². The molecular formula is C10H9Cl2NO2S. The second-order valence-corrected chi connectivity index (χ2v) is 4.67. The van der Waals surface area contributed by atoms with Gasteiger partial charge in [0.25, 0.3) is 5.70 Å². The molecule has 0 radical (unpaired) electrons. The SMILES string of the molecule is CCC(=CSc1ccc(Cl)cc1Cl)[N+](=O)[O-]. The summed E-state index contributed by atoms with van der Waals surface area (Å²) in [6.07, 6.45) is 0.380. The minimum atomic E-state index is -0.392. The number of rotatable bonds is 4. The van der Waals surface area contributed by atoms with E-state index in [0.29, 0.717) is 16.5 Å². The summed E-state index contributed by atoms with van der Waals surface area (Å²) >= 11 is 12.9. The number of nitrogens with zero attached hydrogens (tertiary/aromatic N) is 1. The minimum Gasteiger partial charge on any atom is -0.259 e. The Morgan fingerprint density at radius 2 is 2.25 bits per heavy atom. The van der Waals surface area contributed by atoms with Crippen LogP contribution < -0.4 is 0 Å². The molecule has 0 aliphatic rings. The second kappa shape index (κ2) is 6.13. The van der Waals surface area contributed by atoms with Crippen molar-refractivity contribution in [3.8, 4) is 0 Å². The summed E-state index contributed by atoms with van der Waals surface area (Å²) in [6, 6.07) is 5.04. The molecule has 1 rings (SSSR count). The molecule has 0 atom stereocenters. The molecule has 0 fully saturated rings. The zero-order chi connectivity index (χ0) is 12.1. The number of benzene rings is 1. The lowest BCUT2D eigenvalue weighted by molar-refractivity contribution is -0.427. The van der Waals surface area contributed by atoms with Crippen LogP contribution in [-0.4, -0.2) is 4.92 Å². The van der Waals surface area contributed by atoms with Crippen LogP contribution in [0, 0.1) is 10.1 Å². The predicted octanol–water partition coefficient (Wildman–Crippen LogP) is 4.61. The molecule has 1 aromatic carbocycles. The van der Waals surface area contributed by atoms with Crippen molar-refractivity contribution in [2.45, 2.75) is 18.2 Å². The average Bonchev–Trinajstić information content (AvgIpc) is 2.21. The van der Waals surface area contributed by atoms with E-state index in [1.54, 1.807) is 25.1 Å². The zero-order valence-electron chi connectivity index (χ0n) is 8.44. The quantitative estimate of drug-likeness (QED) is 0.458. The molecule has 1 aromatic rings. The number of thioether (sulfide) groups is 1. The fraction of sp³-hybridized carbons (Fsp3) is 0.200. The molecule has 0 amide bonds. The Labute approximate surface area is 108 Å². The van der Waals surface area contributed by atoms with E-state index in [2.05, 4.69) is 0 Å². The van der Waals surface area contributed by atoms with Gasteiger partial charge in [0.05, 0.1) is 9.95 Å². The van der Waals surface area contributed by atoms with Crippen LogP contribution in [0.5, 0.6) is 0 Å². The molecule has 0 saturated carbocycles. The van der Waals surface area contributed by atoms with Gasteiger partial charge in [0.1, 0.15) is 0 Å². The van der Waals surface area contributed by atoms with Crippen LogP contribution in [-0.2, 0) is 0 Å². The summed E-state index contributed by atoms with van der Waals surface area (Å²) in [4.78, 5) is 10.9. The monoisotopic (exact) mass is 277 g/mol. The highest BCUT2D eigenvalue weighted by Gasteiger charge is 2.08. The highest BCUT2D eigenvalue weighted by molar-refractivity contribution is 8.02. The van der Waals surface area contributed by atoms with E-state index in [4.69, 9.17) is 23.2 Å². The Balaban J connectivity index is 2.85. The molecule has 0 spiro atoms. The van der Waals surface area contributed by atoms with E-state index in [-0.39, 0.29) is 5.70 Å². The van der Waals surface area contributed by atoms with Gasteiger partial charge in [-0.05, 0) is 18.2 Å².